The molecule has 0 bridgehead atoms. The van der Waals surface area contributed by atoms with Gasteiger partial charge in [-0.1, -0.05) is 0 Å². The van der Waals surface area contributed by atoms with Crippen LogP contribution in [0.1, 0.15) is 36.7 Å². The highest BCUT2D eigenvalue weighted by Crippen LogP contribution is 2.16. The maximum Gasteiger partial charge on any atom is 0.345 e. The molecule has 7 nitrogen and oxygen atoms in total. The van der Waals surface area contributed by atoms with Gasteiger partial charge in [0.25, 0.3) is 5.56 Å². The third kappa shape index (κ3) is 3.74. The Kier molecular flexibility index (Phi) is 4.78. The van der Waals surface area contributed by atoms with Gasteiger partial charge < -0.3 is 10.1 Å². The van der Waals surface area contributed by atoms with Crippen molar-refractivity contribution in [2.75, 3.05) is 12.4 Å². The third-order valence-electron chi connectivity index (χ3n) is 3.24. The lowest BCUT2D eigenvalue weighted by Crippen LogP contribution is -2.39. The van der Waals surface area contributed by atoms with Crippen LogP contribution in [0.5, 0.6) is 0 Å². The SMILES string of the molecule is COC(=O)c1c(NCc2ccncc2)cnn(C(C)(C)C)c1=O. The third-order valence-corrected chi connectivity index (χ3v) is 3.24. The van der Waals surface area contributed by atoms with Crippen molar-refractivity contribution in [1.82, 2.24) is 14.8 Å². The first-order valence-corrected chi connectivity index (χ1v) is 7.18. The van der Waals surface area contributed by atoms with Gasteiger partial charge in [0, 0.05) is 18.9 Å². The molecule has 0 aliphatic rings. The monoisotopic (exact) mass is 316 g/mol. The molecule has 122 valence electrons. The van der Waals surface area contributed by atoms with E-state index in [9.17, 15) is 9.59 Å². The molecule has 0 aliphatic heterocycles. The Morgan fingerprint density at radius 1 is 1.30 bits per heavy atom. The van der Waals surface area contributed by atoms with Crippen molar-refractivity contribution >= 4 is 11.7 Å². The van der Waals surface area contributed by atoms with Crippen molar-refractivity contribution in [2.24, 2.45) is 0 Å². The van der Waals surface area contributed by atoms with E-state index in [2.05, 4.69) is 15.4 Å². The smallest absolute Gasteiger partial charge is 0.345 e. The van der Waals surface area contributed by atoms with Crippen molar-refractivity contribution in [3.05, 3.63) is 52.2 Å². The van der Waals surface area contributed by atoms with Crippen LogP contribution in [0.2, 0.25) is 0 Å². The van der Waals surface area contributed by atoms with Crippen LogP contribution >= 0.6 is 0 Å². The quantitative estimate of drug-likeness (QED) is 0.866. The maximum absolute atomic E-state index is 12.6. The molecule has 0 aliphatic carbocycles. The topological polar surface area (TPSA) is 86.1 Å². The fraction of sp³-hybridized carbons (Fsp3) is 0.375. The van der Waals surface area contributed by atoms with Crippen LogP contribution in [-0.4, -0.2) is 27.8 Å². The van der Waals surface area contributed by atoms with Gasteiger partial charge in [0.1, 0.15) is 0 Å². The first kappa shape index (κ1) is 16.7. The Morgan fingerprint density at radius 3 is 2.52 bits per heavy atom. The van der Waals surface area contributed by atoms with E-state index < -0.39 is 17.1 Å². The molecule has 2 rings (SSSR count). The first-order valence-electron chi connectivity index (χ1n) is 7.18. The van der Waals surface area contributed by atoms with Gasteiger partial charge in [0.05, 0.1) is 24.5 Å². The molecule has 0 fully saturated rings. The van der Waals surface area contributed by atoms with Crippen LogP contribution < -0.4 is 10.9 Å². The average molecular weight is 316 g/mol. The van der Waals surface area contributed by atoms with Crippen LogP contribution in [-0.2, 0) is 16.8 Å². The number of anilines is 1. The number of nitrogens with zero attached hydrogens (tertiary/aromatic N) is 3. The summed E-state index contributed by atoms with van der Waals surface area (Å²) in [5, 5.41) is 7.22. The Bertz CT molecular complexity index is 748. The van der Waals surface area contributed by atoms with Crippen molar-refractivity contribution in [3.63, 3.8) is 0 Å². The molecule has 0 saturated carbocycles. The second kappa shape index (κ2) is 6.60. The van der Waals surface area contributed by atoms with Gasteiger partial charge in [-0.2, -0.15) is 5.10 Å². The molecule has 0 radical (unpaired) electrons. The largest absolute Gasteiger partial charge is 0.465 e. The molecule has 2 heterocycles. The van der Waals surface area contributed by atoms with Crippen LogP contribution in [0, 0.1) is 0 Å². The zero-order valence-corrected chi connectivity index (χ0v) is 13.7. The van der Waals surface area contributed by atoms with Crippen LogP contribution in [0.25, 0.3) is 0 Å². The lowest BCUT2D eigenvalue weighted by molar-refractivity contribution is 0.0597. The number of methoxy groups -OCH3 is 1. The molecule has 0 saturated heterocycles. The van der Waals surface area contributed by atoms with Gasteiger partial charge >= 0.3 is 5.97 Å². The summed E-state index contributed by atoms with van der Waals surface area (Å²) in [7, 11) is 1.25. The lowest BCUT2D eigenvalue weighted by Gasteiger charge is -2.22. The first-order chi connectivity index (χ1) is 10.8. The number of pyridine rings is 1. The van der Waals surface area contributed by atoms with E-state index in [1.807, 2.05) is 32.9 Å². The fourth-order valence-corrected chi connectivity index (χ4v) is 2.06. The Labute approximate surface area is 134 Å². The molecular weight excluding hydrogens is 296 g/mol. The van der Waals surface area contributed by atoms with E-state index in [1.54, 1.807) is 12.4 Å². The van der Waals surface area contributed by atoms with Gasteiger partial charge in [0.2, 0.25) is 0 Å². The van der Waals surface area contributed by atoms with E-state index in [4.69, 9.17) is 4.74 Å². The maximum atomic E-state index is 12.6. The number of nitrogens with one attached hydrogen (secondary N) is 1. The Hall–Kier alpha value is -2.70. The lowest BCUT2D eigenvalue weighted by atomic mass is 10.1. The van der Waals surface area contributed by atoms with Crippen molar-refractivity contribution in [3.8, 4) is 0 Å². The Balaban J connectivity index is 2.41. The highest BCUT2D eigenvalue weighted by molar-refractivity contribution is 5.94. The molecule has 0 aromatic carbocycles. The number of carbonyl (C=O) groups is 1. The number of carbonyl (C=O) groups excluding carboxylic acids is 1. The molecule has 0 unspecified atom stereocenters. The summed E-state index contributed by atoms with van der Waals surface area (Å²) in [5.41, 5.74) is 0.245. The predicted molar refractivity (Wildman–Crippen MR) is 86.4 cm³/mol. The molecule has 2 aromatic rings. The van der Waals surface area contributed by atoms with Crippen LogP contribution in [0.15, 0.2) is 35.5 Å². The zero-order chi connectivity index (χ0) is 17.0. The number of esters is 1. The summed E-state index contributed by atoms with van der Waals surface area (Å²) in [6.45, 7) is 5.96. The molecule has 7 heteroatoms. The predicted octanol–water partition coefficient (Wildman–Crippen LogP) is 1.79. The van der Waals surface area contributed by atoms with E-state index in [0.717, 1.165) is 5.56 Å². The zero-order valence-electron chi connectivity index (χ0n) is 13.7. The molecule has 2 aromatic heterocycles. The van der Waals surface area contributed by atoms with E-state index in [-0.39, 0.29) is 5.56 Å². The minimum absolute atomic E-state index is 0.0496. The minimum Gasteiger partial charge on any atom is -0.465 e. The molecule has 0 amide bonds. The summed E-state index contributed by atoms with van der Waals surface area (Å²) < 4.78 is 6.02. The standard InChI is InChI=1S/C16H20N4O3/c1-16(2,3)20-14(21)13(15(22)23-4)12(10-19-20)18-9-11-5-7-17-8-6-11/h5-8,10,18H,9H2,1-4H3. The molecular formula is C16H20N4O3. The number of hydrogen-bond donors (Lipinski definition) is 1. The van der Waals surface area contributed by atoms with Gasteiger partial charge in [-0.25, -0.2) is 9.48 Å². The highest BCUT2D eigenvalue weighted by Gasteiger charge is 2.24. The summed E-state index contributed by atoms with van der Waals surface area (Å²) in [6, 6.07) is 3.68. The van der Waals surface area contributed by atoms with Gasteiger partial charge in [-0.3, -0.25) is 9.78 Å². The second-order valence-corrected chi connectivity index (χ2v) is 6.02. The van der Waals surface area contributed by atoms with Crippen molar-refractivity contribution < 1.29 is 9.53 Å². The summed E-state index contributed by atoms with van der Waals surface area (Å²) in [6.07, 6.45) is 4.82. The number of ether oxygens (including phenoxy) is 1. The van der Waals surface area contributed by atoms with Gasteiger partial charge in [-0.05, 0) is 38.5 Å². The number of aromatic nitrogens is 3. The summed E-state index contributed by atoms with van der Waals surface area (Å²) >= 11 is 0. The molecule has 0 atom stereocenters. The van der Waals surface area contributed by atoms with Crippen molar-refractivity contribution in [2.45, 2.75) is 32.9 Å². The average Bonchev–Trinajstić information content (AvgIpc) is 2.52. The van der Waals surface area contributed by atoms with Crippen molar-refractivity contribution in [1.29, 1.82) is 0 Å². The number of hydrogen-bond acceptors (Lipinski definition) is 6. The van der Waals surface area contributed by atoms with E-state index in [0.29, 0.717) is 12.2 Å². The second-order valence-electron chi connectivity index (χ2n) is 6.02. The molecule has 23 heavy (non-hydrogen) atoms. The van der Waals surface area contributed by atoms with Gasteiger partial charge in [0.15, 0.2) is 5.56 Å². The van der Waals surface area contributed by atoms with E-state index in [1.165, 1.54) is 18.0 Å². The number of rotatable bonds is 4. The van der Waals surface area contributed by atoms with Gasteiger partial charge in [-0.15, -0.1) is 0 Å². The molecule has 1 N–H and O–H groups in total. The fourth-order valence-electron chi connectivity index (χ4n) is 2.06. The Morgan fingerprint density at radius 2 is 1.96 bits per heavy atom. The minimum atomic E-state index is -0.687. The summed E-state index contributed by atoms with van der Waals surface area (Å²) in [4.78, 5) is 28.6. The van der Waals surface area contributed by atoms with Crippen LogP contribution in [0.4, 0.5) is 5.69 Å². The van der Waals surface area contributed by atoms with E-state index >= 15 is 0 Å². The van der Waals surface area contributed by atoms with Crippen LogP contribution in [0.3, 0.4) is 0 Å². The molecule has 0 spiro atoms. The highest BCUT2D eigenvalue weighted by atomic mass is 16.5. The normalized spacial score (nSPS) is 11.1. The summed E-state index contributed by atoms with van der Waals surface area (Å²) in [5.74, 6) is -0.687.